The van der Waals surface area contributed by atoms with E-state index in [0.717, 1.165) is 60.8 Å². The molecule has 39 heavy (non-hydrogen) atoms. The minimum absolute atomic E-state index is 0. The van der Waals surface area contributed by atoms with Crippen LogP contribution in [0.2, 0.25) is 0 Å². The first-order chi connectivity index (χ1) is 17.4. The van der Waals surface area contributed by atoms with E-state index in [1.807, 2.05) is 48.5 Å². The van der Waals surface area contributed by atoms with Gasteiger partial charge >= 0.3 is 0 Å². The van der Waals surface area contributed by atoms with Gasteiger partial charge in [-0.05, 0) is 80.8 Å². The average molecular weight is 593 g/mol. The van der Waals surface area contributed by atoms with Gasteiger partial charge in [0.1, 0.15) is 0 Å². The van der Waals surface area contributed by atoms with E-state index in [1.54, 1.807) is 0 Å². The molecule has 2 radical (unpaired) electrons. The molecular weight excluding hydrogens is 558 g/mol. The topological polar surface area (TPSA) is 115 Å². The van der Waals surface area contributed by atoms with Gasteiger partial charge in [0.05, 0.1) is 9.79 Å². The molecule has 3 aromatic carbocycles. The van der Waals surface area contributed by atoms with Gasteiger partial charge in [0.25, 0.3) is 20.2 Å². The summed E-state index contributed by atoms with van der Waals surface area (Å²) < 4.78 is 67.8. The van der Waals surface area contributed by atoms with Gasteiger partial charge in [-0.3, -0.25) is 9.11 Å². The van der Waals surface area contributed by atoms with Crippen LogP contribution in [0.15, 0.2) is 76.5 Å². The molecule has 202 valence electrons. The Bertz CT molecular complexity index is 1370. The molecule has 0 atom stereocenters. The minimum Gasteiger partial charge on any atom is -0.372 e. The molecule has 0 aromatic heterocycles. The summed E-state index contributed by atoms with van der Waals surface area (Å²) in [6.07, 6.45) is 0. The molecule has 0 fully saturated rings. The van der Waals surface area contributed by atoms with Crippen LogP contribution in [0.3, 0.4) is 0 Å². The Morgan fingerprint density at radius 1 is 0.615 bits per heavy atom. The Labute approximate surface area is 276 Å². The molecule has 0 spiro atoms. The standard InChI is InChI=1S/C27H34N2O6S2.2Na/c1-5-28(6-2)22-13-9-20(10-14-22)27(21-11-15-23(16-12-21)29(7-3)8-4)25-18-17-24(36(30,31)32)19-26(25)37(33,34)35;;/h9-19,27H,5-8H2,1-4H3,(H,30,31,32)(H,33,34,35);;. The van der Waals surface area contributed by atoms with E-state index in [4.69, 9.17) is 0 Å². The number of rotatable bonds is 11. The molecule has 3 aromatic rings. The molecule has 0 saturated heterocycles. The maximum absolute atomic E-state index is 12.4. The van der Waals surface area contributed by atoms with Crippen LogP contribution in [-0.2, 0) is 20.2 Å². The smallest absolute Gasteiger partial charge is 0.294 e. The molecule has 3 rings (SSSR count). The molecule has 2 N–H and O–H groups in total. The van der Waals surface area contributed by atoms with E-state index in [9.17, 15) is 25.9 Å². The summed E-state index contributed by atoms with van der Waals surface area (Å²) in [6.45, 7) is 11.6. The van der Waals surface area contributed by atoms with Crippen molar-refractivity contribution in [3.63, 3.8) is 0 Å². The summed E-state index contributed by atoms with van der Waals surface area (Å²) in [5.41, 5.74) is 3.75. The third kappa shape index (κ3) is 8.78. The van der Waals surface area contributed by atoms with E-state index < -0.39 is 35.9 Å². The Morgan fingerprint density at radius 3 is 1.31 bits per heavy atom. The monoisotopic (exact) mass is 592 g/mol. The maximum atomic E-state index is 12.4. The maximum Gasteiger partial charge on any atom is 0.294 e. The van der Waals surface area contributed by atoms with Crippen molar-refractivity contribution < 1.29 is 25.9 Å². The Kier molecular flexibility index (Phi) is 14.2. The van der Waals surface area contributed by atoms with Crippen LogP contribution < -0.4 is 9.80 Å². The van der Waals surface area contributed by atoms with Gasteiger partial charge in [-0.25, -0.2) is 0 Å². The fourth-order valence-corrected chi connectivity index (χ4v) is 5.96. The Balaban J connectivity index is 0.00000380. The zero-order valence-corrected chi connectivity index (χ0v) is 29.1. The van der Waals surface area contributed by atoms with E-state index >= 15 is 0 Å². The predicted molar refractivity (Wildman–Crippen MR) is 159 cm³/mol. The van der Waals surface area contributed by atoms with Crippen LogP contribution in [0, 0.1) is 0 Å². The number of benzene rings is 3. The molecule has 0 bridgehead atoms. The number of nitrogens with zero attached hydrogens (tertiary/aromatic N) is 2. The van der Waals surface area contributed by atoms with Crippen LogP contribution >= 0.6 is 0 Å². The summed E-state index contributed by atoms with van der Waals surface area (Å²) in [7, 11) is -9.51. The third-order valence-electron chi connectivity index (χ3n) is 6.58. The van der Waals surface area contributed by atoms with Crippen LogP contribution in [0.25, 0.3) is 0 Å². The minimum atomic E-state index is -4.83. The third-order valence-corrected chi connectivity index (χ3v) is 8.34. The summed E-state index contributed by atoms with van der Waals surface area (Å²) in [5.74, 6) is -0.635. The number of hydrogen-bond acceptors (Lipinski definition) is 6. The van der Waals surface area contributed by atoms with Crippen LogP contribution in [0.5, 0.6) is 0 Å². The average Bonchev–Trinajstić information content (AvgIpc) is 2.86. The second-order valence-corrected chi connectivity index (χ2v) is 11.4. The van der Waals surface area contributed by atoms with Crippen LogP contribution in [0.4, 0.5) is 11.4 Å². The molecule has 8 nitrogen and oxygen atoms in total. The van der Waals surface area contributed by atoms with Gasteiger partial charge in [0.2, 0.25) is 0 Å². The first kappa shape index (κ1) is 36.1. The van der Waals surface area contributed by atoms with Gasteiger partial charge in [0.15, 0.2) is 0 Å². The van der Waals surface area contributed by atoms with E-state index in [2.05, 4.69) is 37.5 Å². The zero-order chi connectivity index (χ0) is 27.4. The molecular formula is C27H34N2Na2O6S2. The Morgan fingerprint density at radius 2 is 1.00 bits per heavy atom. The predicted octanol–water partition coefficient (Wildman–Crippen LogP) is 4.29. The first-order valence-electron chi connectivity index (χ1n) is 12.2. The normalized spacial score (nSPS) is 11.5. The first-order valence-corrected chi connectivity index (χ1v) is 15.1. The fourth-order valence-electron chi connectivity index (χ4n) is 4.62. The van der Waals surface area contributed by atoms with Gasteiger partial charge in [-0.1, -0.05) is 30.3 Å². The van der Waals surface area contributed by atoms with E-state index in [0.29, 0.717) is 0 Å². The van der Waals surface area contributed by atoms with Crippen molar-refractivity contribution >= 4 is 90.7 Å². The summed E-state index contributed by atoms with van der Waals surface area (Å²) in [4.78, 5) is 3.18. The van der Waals surface area contributed by atoms with Gasteiger partial charge in [0, 0.05) is 103 Å². The van der Waals surface area contributed by atoms with Crippen molar-refractivity contribution in [1.82, 2.24) is 0 Å². The van der Waals surface area contributed by atoms with Crippen molar-refractivity contribution in [2.45, 2.75) is 43.4 Å². The molecule has 0 heterocycles. The van der Waals surface area contributed by atoms with Gasteiger partial charge in [-0.15, -0.1) is 0 Å². The summed E-state index contributed by atoms with van der Waals surface area (Å²) >= 11 is 0. The van der Waals surface area contributed by atoms with Gasteiger partial charge < -0.3 is 9.80 Å². The molecule has 0 saturated carbocycles. The van der Waals surface area contributed by atoms with Crippen LogP contribution in [0.1, 0.15) is 50.3 Å². The van der Waals surface area contributed by atoms with Crippen molar-refractivity contribution in [3.8, 4) is 0 Å². The van der Waals surface area contributed by atoms with E-state index in [1.165, 1.54) is 6.07 Å². The van der Waals surface area contributed by atoms with Crippen LogP contribution in [-0.4, -0.2) is 111 Å². The second-order valence-electron chi connectivity index (χ2n) is 8.61. The SMILES string of the molecule is CCN(CC)c1ccc(C(c2ccc(N(CC)CC)cc2)c2ccc(S(=O)(=O)O)cc2S(=O)(=O)O)cc1.[Na].[Na]. The second kappa shape index (κ2) is 15.3. The van der Waals surface area contributed by atoms with Crippen molar-refractivity contribution in [2.75, 3.05) is 36.0 Å². The largest absolute Gasteiger partial charge is 0.372 e. The summed E-state index contributed by atoms with van der Waals surface area (Å²) in [6, 6.07) is 18.7. The Hall–Kier alpha value is -0.920. The molecule has 0 aliphatic rings. The molecule has 0 aliphatic heterocycles. The van der Waals surface area contributed by atoms with Gasteiger partial charge in [-0.2, -0.15) is 16.8 Å². The van der Waals surface area contributed by atoms with Crippen molar-refractivity contribution in [3.05, 3.63) is 83.4 Å². The molecule has 0 unspecified atom stereocenters. The molecule has 0 amide bonds. The van der Waals surface area contributed by atoms with E-state index in [-0.39, 0.29) is 64.7 Å². The van der Waals surface area contributed by atoms with Crippen molar-refractivity contribution in [1.29, 1.82) is 0 Å². The fraction of sp³-hybridized carbons (Fsp3) is 0.333. The zero-order valence-electron chi connectivity index (χ0n) is 23.5. The quantitative estimate of drug-likeness (QED) is 0.193. The summed E-state index contributed by atoms with van der Waals surface area (Å²) in [5, 5.41) is 0. The molecule has 12 heteroatoms. The van der Waals surface area contributed by atoms with Crippen molar-refractivity contribution in [2.24, 2.45) is 0 Å². The number of hydrogen-bond donors (Lipinski definition) is 2. The molecule has 0 aliphatic carbocycles. The number of anilines is 2.